The Labute approximate surface area is 140 Å². The maximum absolute atomic E-state index is 12.2. The van der Waals surface area contributed by atoms with Gasteiger partial charge in [0, 0.05) is 18.4 Å². The number of hydrogen-bond donors (Lipinski definition) is 2. The number of amides is 1. The smallest absolute Gasteiger partial charge is 0.223 e. The fourth-order valence-electron chi connectivity index (χ4n) is 3.16. The molecule has 3 unspecified atom stereocenters. The molecule has 1 aromatic heterocycles. The Morgan fingerprint density at radius 2 is 2.00 bits per heavy atom. The van der Waals surface area contributed by atoms with Crippen LogP contribution in [0.2, 0.25) is 0 Å². The molecule has 3 aromatic rings. The molecule has 0 radical (unpaired) electrons. The van der Waals surface area contributed by atoms with Gasteiger partial charge in [-0.05, 0) is 41.0 Å². The summed E-state index contributed by atoms with van der Waals surface area (Å²) in [6.45, 7) is 0.221. The van der Waals surface area contributed by atoms with Crippen molar-refractivity contribution >= 4 is 16.7 Å². The van der Waals surface area contributed by atoms with Gasteiger partial charge in [-0.25, -0.2) is 0 Å². The molecule has 1 aliphatic carbocycles. The van der Waals surface area contributed by atoms with Crippen LogP contribution in [0.1, 0.15) is 29.8 Å². The van der Waals surface area contributed by atoms with Crippen molar-refractivity contribution in [3.05, 3.63) is 72.2 Å². The SMILES string of the molecule is O=C(NCC(O)c1ccc2ccccc2c1)C1CC1c1ccco1. The third kappa shape index (κ3) is 2.93. The molecule has 0 bridgehead atoms. The minimum absolute atomic E-state index is 0.0174. The van der Waals surface area contributed by atoms with Crippen LogP contribution in [0.15, 0.2) is 65.3 Å². The van der Waals surface area contributed by atoms with Crippen LogP contribution in [0.5, 0.6) is 0 Å². The lowest BCUT2D eigenvalue weighted by Gasteiger charge is -2.13. The van der Waals surface area contributed by atoms with Gasteiger partial charge in [-0.2, -0.15) is 0 Å². The molecule has 1 aliphatic rings. The summed E-state index contributed by atoms with van der Waals surface area (Å²) in [5.74, 6) is 0.985. The average Bonchev–Trinajstić information content (AvgIpc) is 3.24. The molecule has 4 rings (SSSR count). The van der Waals surface area contributed by atoms with Gasteiger partial charge in [0.1, 0.15) is 5.76 Å². The first-order valence-corrected chi connectivity index (χ1v) is 8.20. The zero-order chi connectivity index (χ0) is 16.5. The molecule has 24 heavy (non-hydrogen) atoms. The number of carbonyl (C=O) groups is 1. The number of furan rings is 1. The molecular formula is C20H19NO3. The lowest BCUT2D eigenvalue weighted by molar-refractivity contribution is -0.122. The zero-order valence-corrected chi connectivity index (χ0v) is 13.2. The lowest BCUT2D eigenvalue weighted by atomic mass is 10.0. The van der Waals surface area contributed by atoms with Crippen LogP contribution >= 0.6 is 0 Å². The van der Waals surface area contributed by atoms with Crippen molar-refractivity contribution in [2.24, 2.45) is 5.92 Å². The Bertz CT molecular complexity index is 856. The summed E-state index contributed by atoms with van der Waals surface area (Å²) >= 11 is 0. The van der Waals surface area contributed by atoms with Crippen LogP contribution in [-0.2, 0) is 4.79 Å². The van der Waals surface area contributed by atoms with Gasteiger partial charge in [-0.15, -0.1) is 0 Å². The van der Waals surface area contributed by atoms with E-state index in [0.29, 0.717) is 0 Å². The van der Waals surface area contributed by atoms with Crippen LogP contribution in [0.25, 0.3) is 10.8 Å². The number of aliphatic hydroxyl groups excluding tert-OH is 1. The van der Waals surface area contributed by atoms with E-state index in [-0.39, 0.29) is 24.3 Å². The van der Waals surface area contributed by atoms with Gasteiger partial charge in [-0.1, -0.05) is 36.4 Å². The molecule has 0 aliphatic heterocycles. The monoisotopic (exact) mass is 321 g/mol. The third-order valence-electron chi connectivity index (χ3n) is 4.66. The van der Waals surface area contributed by atoms with E-state index in [2.05, 4.69) is 5.32 Å². The molecule has 2 N–H and O–H groups in total. The minimum atomic E-state index is -0.709. The number of rotatable bonds is 5. The molecule has 0 saturated heterocycles. The fourth-order valence-corrected chi connectivity index (χ4v) is 3.16. The first-order chi connectivity index (χ1) is 11.7. The summed E-state index contributed by atoms with van der Waals surface area (Å²) in [5.41, 5.74) is 0.812. The number of hydrogen-bond acceptors (Lipinski definition) is 3. The predicted molar refractivity (Wildman–Crippen MR) is 91.5 cm³/mol. The van der Waals surface area contributed by atoms with Crippen LogP contribution in [0.4, 0.5) is 0 Å². The van der Waals surface area contributed by atoms with Crippen LogP contribution < -0.4 is 5.32 Å². The van der Waals surface area contributed by atoms with E-state index >= 15 is 0 Å². The Kier molecular flexibility index (Phi) is 3.82. The maximum atomic E-state index is 12.2. The summed E-state index contributed by atoms with van der Waals surface area (Å²) in [5, 5.41) is 15.4. The van der Waals surface area contributed by atoms with E-state index in [1.54, 1.807) is 6.26 Å². The summed E-state index contributed by atoms with van der Waals surface area (Å²) in [7, 11) is 0. The van der Waals surface area contributed by atoms with Gasteiger partial charge in [0.25, 0.3) is 0 Å². The quantitative estimate of drug-likeness (QED) is 0.757. The van der Waals surface area contributed by atoms with E-state index in [1.807, 2.05) is 54.6 Å². The van der Waals surface area contributed by atoms with Gasteiger partial charge >= 0.3 is 0 Å². The summed E-state index contributed by atoms with van der Waals surface area (Å²) < 4.78 is 5.34. The van der Waals surface area contributed by atoms with Crippen molar-refractivity contribution in [2.45, 2.75) is 18.4 Å². The van der Waals surface area contributed by atoms with Gasteiger partial charge in [0.15, 0.2) is 0 Å². The first kappa shape index (κ1) is 15.0. The van der Waals surface area contributed by atoms with Gasteiger partial charge < -0.3 is 14.8 Å². The van der Waals surface area contributed by atoms with Gasteiger partial charge in [0.2, 0.25) is 5.91 Å². The van der Waals surface area contributed by atoms with Crippen LogP contribution in [0, 0.1) is 5.92 Å². The van der Waals surface area contributed by atoms with E-state index in [0.717, 1.165) is 28.5 Å². The predicted octanol–water partition coefficient (Wildman–Crippen LogP) is 3.39. The number of carbonyl (C=O) groups excluding carboxylic acids is 1. The largest absolute Gasteiger partial charge is 0.469 e. The second-order valence-electron chi connectivity index (χ2n) is 6.33. The van der Waals surface area contributed by atoms with Crippen molar-refractivity contribution in [1.29, 1.82) is 0 Å². The molecule has 1 amide bonds. The zero-order valence-electron chi connectivity index (χ0n) is 13.2. The van der Waals surface area contributed by atoms with Crippen molar-refractivity contribution in [3.8, 4) is 0 Å². The van der Waals surface area contributed by atoms with E-state index in [4.69, 9.17) is 4.42 Å². The van der Waals surface area contributed by atoms with E-state index < -0.39 is 6.10 Å². The van der Waals surface area contributed by atoms with Gasteiger partial charge in [0.05, 0.1) is 12.4 Å². The highest BCUT2D eigenvalue weighted by atomic mass is 16.3. The molecule has 122 valence electrons. The van der Waals surface area contributed by atoms with Crippen molar-refractivity contribution < 1.29 is 14.3 Å². The third-order valence-corrected chi connectivity index (χ3v) is 4.66. The highest BCUT2D eigenvalue weighted by molar-refractivity contribution is 5.84. The summed E-state index contributed by atoms with van der Waals surface area (Å²) in [4.78, 5) is 12.2. The van der Waals surface area contributed by atoms with E-state index in [9.17, 15) is 9.90 Å². The number of fused-ring (bicyclic) bond motifs is 1. The molecule has 3 atom stereocenters. The van der Waals surface area contributed by atoms with Crippen LogP contribution in [-0.4, -0.2) is 17.6 Å². The molecule has 1 fully saturated rings. The topological polar surface area (TPSA) is 62.5 Å². The van der Waals surface area contributed by atoms with Gasteiger partial charge in [-0.3, -0.25) is 4.79 Å². The minimum Gasteiger partial charge on any atom is -0.469 e. The summed E-state index contributed by atoms with van der Waals surface area (Å²) in [6, 6.07) is 17.6. The number of aliphatic hydroxyl groups is 1. The molecule has 1 heterocycles. The molecule has 2 aromatic carbocycles. The molecular weight excluding hydrogens is 302 g/mol. The fraction of sp³-hybridized carbons (Fsp3) is 0.250. The first-order valence-electron chi connectivity index (χ1n) is 8.20. The maximum Gasteiger partial charge on any atom is 0.223 e. The molecule has 4 heteroatoms. The Balaban J connectivity index is 1.36. The number of nitrogens with one attached hydrogen (secondary N) is 1. The second-order valence-corrected chi connectivity index (χ2v) is 6.33. The van der Waals surface area contributed by atoms with E-state index in [1.165, 1.54) is 0 Å². The Morgan fingerprint density at radius 3 is 2.79 bits per heavy atom. The Morgan fingerprint density at radius 1 is 1.17 bits per heavy atom. The highest BCUT2D eigenvalue weighted by Gasteiger charge is 2.45. The normalized spacial score (nSPS) is 20.7. The Hall–Kier alpha value is -2.59. The molecule has 4 nitrogen and oxygen atoms in total. The van der Waals surface area contributed by atoms with Crippen molar-refractivity contribution in [3.63, 3.8) is 0 Å². The standard InChI is InChI=1S/C20H19NO3/c22-18(15-8-7-13-4-1-2-5-14(13)10-15)12-21-20(23)17-11-16(17)19-6-3-9-24-19/h1-10,16-18,22H,11-12H2,(H,21,23). The van der Waals surface area contributed by atoms with Crippen molar-refractivity contribution in [1.82, 2.24) is 5.32 Å². The van der Waals surface area contributed by atoms with Crippen molar-refractivity contribution in [2.75, 3.05) is 6.54 Å². The molecule has 1 saturated carbocycles. The highest BCUT2D eigenvalue weighted by Crippen LogP contribution is 2.47. The van der Waals surface area contributed by atoms with Crippen LogP contribution in [0.3, 0.4) is 0 Å². The summed E-state index contributed by atoms with van der Waals surface area (Å²) in [6.07, 6.45) is 1.73. The second kappa shape index (κ2) is 6.13. The lowest BCUT2D eigenvalue weighted by Crippen LogP contribution is -2.29. The number of benzene rings is 2. The average molecular weight is 321 g/mol. The molecule has 0 spiro atoms.